The zero-order valence-corrected chi connectivity index (χ0v) is 10.4. The first-order chi connectivity index (χ1) is 7.19. The second kappa shape index (κ2) is 6.28. The lowest BCUT2D eigenvalue weighted by Crippen LogP contribution is -2.02. The van der Waals surface area contributed by atoms with Crippen molar-refractivity contribution < 1.29 is 4.39 Å². The van der Waals surface area contributed by atoms with Gasteiger partial charge in [0.05, 0.1) is 5.69 Å². The van der Waals surface area contributed by atoms with Gasteiger partial charge in [-0.05, 0) is 12.8 Å². The lowest BCUT2D eigenvalue weighted by molar-refractivity contribution is 0.558. The van der Waals surface area contributed by atoms with Gasteiger partial charge in [-0.2, -0.15) is 0 Å². The first kappa shape index (κ1) is 12.7. The third kappa shape index (κ3) is 3.61. The highest BCUT2D eigenvalue weighted by Gasteiger charge is 2.13. The van der Waals surface area contributed by atoms with Crippen molar-refractivity contribution >= 4 is 23.4 Å². The van der Waals surface area contributed by atoms with Crippen LogP contribution < -0.4 is 0 Å². The summed E-state index contributed by atoms with van der Waals surface area (Å²) >= 11 is 7.03. The normalized spacial score (nSPS) is 12.8. The smallest absolute Gasteiger partial charge is 0.176 e. The predicted molar refractivity (Wildman–Crippen MR) is 62.0 cm³/mol. The Kier molecular flexibility index (Phi) is 5.32. The molecular weight excluding hydrogens is 235 g/mol. The standard InChI is InChI=1S/C10H14ClFN2S/c1-3-8-9(12)10(14-6-13-8)15-7(2)4-5-11/h6-7H,3-5H2,1-2H3. The fraction of sp³-hybridized carbons (Fsp3) is 0.600. The molecule has 2 nitrogen and oxygen atoms in total. The average molecular weight is 249 g/mol. The second-order valence-corrected chi connectivity index (χ2v) is 5.00. The molecule has 0 fully saturated rings. The van der Waals surface area contributed by atoms with Gasteiger partial charge in [0.15, 0.2) is 5.82 Å². The van der Waals surface area contributed by atoms with Crippen molar-refractivity contribution in [1.29, 1.82) is 0 Å². The van der Waals surface area contributed by atoms with Gasteiger partial charge in [-0.25, -0.2) is 14.4 Å². The highest BCUT2D eigenvalue weighted by atomic mass is 35.5. The van der Waals surface area contributed by atoms with Crippen molar-refractivity contribution in [3.63, 3.8) is 0 Å². The van der Waals surface area contributed by atoms with Crippen LogP contribution in [0.25, 0.3) is 0 Å². The number of alkyl halides is 1. The van der Waals surface area contributed by atoms with E-state index in [0.717, 1.165) is 6.42 Å². The Morgan fingerprint density at radius 1 is 1.53 bits per heavy atom. The van der Waals surface area contributed by atoms with Crippen LogP contribution in [0.4, 0.5) is 4.39 Å². The van der Waals surface area contributed by atoms with Gasteiger partial charge in [0.1, 0.15) is 11.4 Å². The summed E-state index contributed by atoms with van der Waals surface area (Å²) in [6.07, 6.45) is 2.85. The van der Waals surface area contributed by atoms with Crippen molar-refractivity contribution in [2.75, 3.05) is 5.88 Å². The van der Waals surface area contributed by atoms with Gasteiger partial charge < -0.3 is 0 Å². The number of hydrogen-bond donors (Lipinski definition) is 0. The Bertz CT molecular complexity index is 322. The fourth-order valence-corrected chi connectivity index (χ4v) is 2.52. The van der Waals surface area contributed by atoms with Gasteiger partial charge in [0, 0.05) is 11.1 Å². The van der Waals surface area contributed by atoms with Gasteiger partial charge in [-0.15, -0.1) is 23.4 Å². The van der Waals surface area contributed by atoms with Crippen molar-refractivity contribution in [2.45, 2.75) is 37.0 Å². The minimum atomic E-state index is -0.286. The molecule has 0 N–H and O–H groups in total. The minimum Gasteiger partial charge on any atom is -0.238 e. The number of halogens is 2. The Morgan fingerprint density at radius 3 is 2.87 bits per heavy atom. The van der Waals surface area contributed by atoms with E-state index in [2.05, 4.69) is 9.97 Å². The van der Waals surface area contributed by atoms with E-state index in [0.29, 0.717) is 23.0 Å². The monoisotopic (exact) mass is 248 g/mol. The molecule has 1 heterocycles. The highest BCUT2D eigenvalue weighted by Crippen LogP contribution is 2.26. The molecule has 1 rings (SSSR count). The summed E-state index contributed by atoms with van der Waals surface area (Å²) in [7, 11) is 0. The van der Waals surface area contributed by atoms with E-state index in [1.54, 1.807) is 0 Å². The van der Waals surface area contributed by atoms with Crippen LogP contribution >= 0.6 is 23.4 Å². The third-order valence-corrected chi connectivity index (χ3v) is 3.36. The molecule has 0 spiro atoms. The Hall–Kier alpha value is -0.350. The summed E-state index contributed by atoms with van der Waals surface area (Å²) in [6.45, 7) is 3.89. The minimum absolute atomic E-state index is 0.275. The van der Waals surface area contributed by atoms with Crippen molar-refractivity contribution in [1.82, 2.24) is 9.97 Å². The molecule has 1 unspecified atom stereocenters. The summed E-state index contributed by atoms with van der Waals surface area (Å²) in [5, 5.41) is 0.705. The highest BCUT2D eigenvalue weighted by molar-refractivity contribution is 7.99. The molecule has 0 aliphatic rings. The van der Waals surface area contributed by atoms with E-state index in [-0.39, 0.29) is 11.1 Å². The number of thioether (sulfide) groups is 1. The maximum absolute atomic E-state index is 13.7. The maximum atomic E-state index is 13.7. The zero-order chi connectivity index (χ0) is 11.3. The second-order valence-electron chi connectivity index (χ2n) is 3.20. The average Bonchev–Trinajstić information content (AvgIpc) is 2.21. The molecule has 0 saturated heterocycles. The van der Waals surface area contributed by atoms with Gasteiger partial charge in [0.25, 0.3) is 0 Å². The first-order valence-electron chi connectivity index (χ1n) is 4.91. The third-order valence-electron chi connectivity index (χ3n) is 1.99. The van der Waals surface area contributed by atoms with Crippen LogP contribution in [-0.4, -0.2) is 21.1 Å². The molecule has 0 saturated carbocycles. The van der Waals surface area contributed by atoms with Gasteiger partial charge in [-0.3, -0.25) is 0 Å². The molecule has 15 heavy (non-hydrogen) atoms. The van der Waals surface area contributed by atoms with E-state index in [9.17, 15) is 4.39 Å². The summed E-state index contributed by atoms with van der Waals surface area (Å²) in [5.41, 5.74) is 0.477. The number of aromatic nitrogens is 2. The first-order valence-corrected chi connectivity index (χ1v) is 6.32. The summed E-state index contributed by atoms with van der Waals surface area (Å²) < 4.78 is 13.7. The number of aryl methyl sites for hydroxylation is 1. The maximum Gasteiger partial charge on any atom is 0.176 e. The van der Waals surface area contributed by atoms with Crippen LogP contribution in [0, 0.1) is 5.82 Å². The SMILES string of the molecule is CCc1ncnc(SC(C)CCCl)c1F. The Morgan fingerprint density at radius 2 is 2.27 bits per heavy atom. The topological polar surface area (TPSA) is 25.8 Å². The molecule has 5 heteroatoms. The molecule has 1 aromatic heterocycles. The van der Waals surface area contributed by atoms with E-state index in [1.807, 2.05) is 13.8 Å². The number of hydrogen-bond acceptors (Lipinski definition) is 3. The Labute approximate surface area is 98.7 Å². The largest absolute Gasteiger partial charge is 0.238 e. The van der Waals surface area contributed by atoms with Crippen LogP contribution in [0.2, 0.25) is 0 Å². The molecule has 0 amide bonds. The lowest BCUT2D eigenvalue weighted by atomic mass is 10.3. The summed E-state index contributed by atoms with van der Waals surface area (Å²) in [5.74, 6) is 0.299. The molecule has 0 radical (unpaired) electrons. The van der Waals surface area contributed by atoms with E-state index < -0.39 is 0 Å². The van der Waals surface area contributed by atoms with Crippen LogP contribution in [-0.2, 0) is 6.42 Å². The summed E-state index contributed by atoms with van der Waals surface area (Å²) in [4.78, 5) is 7.83. The number of rotatable bonds is 5. The van der Waals surface area contributed by atoms with Crippen LogP contribution in [0.15, 0.2) is 11.4 Å². The van der Waals surface area contributed by atoms with E-state index in [1.165, 1.54) is 18.1 Å². The van der Waals surface area contributed by atoms with Crippen LogP contribution in [0.5, 0.6) is 0 Å². The zero-order valence-electron chi connectivity index (χ0n) is 8.83. The fourth-order valence-electron chi connectivity index (χ4n) is 1.12. The van der Waals surface area contributed by atoms with Gasteiger partial charge in [-0.1, -0.05) is 13.8 Å². The molecule has 1 atom stereocenters. The molecule has 1 aromatic rings. The predicted octanol–water partition coefficient (Wildman–Crippen LogP) is 3.29. The van der Waals surface area contributed by atoms with Crippen LogP contribution in [0.1, 0.15) is 26.0 Å². The molecule has 0 bridgehead atoms. The Balaban J connectivity index is 2.76. The van der Waals surface area contributed by atoms with E-state index >= 15 is 0 Å². The summed E-state index contributed by atoms with van der Waals surface area (Å²) in [6, 6.07) is 0. The van der Waals surface area contributed by atoms with Gasteiger partial charge in [0.2, 0.25) is 0 Å². The quantitative estimate of drug-likeness (QED) is 0.454. The molecular formula is C10H14ClFN2S. The van der Waals surface area contributed by atoms with Crippen molar-refractivity contribution in [2.24, 2.45) is 0 Å². The van der Waals surface area contributed by atoms with Crippen molar-refractivity contribution in [3.8, 4) is 0 Å². The van der Waals surface area contributed by atoms with Crippen molar-refractivity contribution in [3.05, 3.63) is 17.8 Å². The molecule has 0 aliphatic carbocycles. The molecule has 0 aromatic carbocycles. The number of nitrogens with zero attached hydrogens (tertiary/aromatic N) is 2. The van der Waals surface area contributed by atoms with Crippen LogP contribution in [0.3, 0.4) is 0 Å². The van der Waals surface area contributed by atoms with Gasteiger partial charge >= 0.3 is 0 Å². The molecule has 84 valence electrons. The van der Waals surface area contributed by atoms with E-state index in [4.69, 9.17) is 11.6 Å². The molecule has 0 aliphatic heterocycles. The lowest BCUT2D eigenvalue weighted by Gasteiger charge is -2.09.